The van der Waals surface area contributed by atoms with Gasteiger partial charge in [0.25, 0.3) is 0 Å². The first kappa shape index (κ1) is 16.5. The molecule has 1 aliphatic heterocycles. The van der Waals surface area contributed by atoms with Crippen LogP contribution in [0.2, 0.25) is 0 Å². The fourth-order valence-corrected chi connectivity index (χ4v) is 3.75. The van der Waals surface area contributed by atoms with Gasteiger partial charge in [-0.25, -0.2) is 0 Å². The number of rotatable bonds is 4. The second kappa shape index (κ2) is 7.54. The number of hydrogen-bond donors (Lipinski definition) is 0. The van der Waals surface area contributed by atoms with Gasteiger partial charge in [-0.15, -0.1) is 5.10 Å². The molecule has 0 N–H and O–H groups in total. The van der Waals surface area contributed by atoms with E-state index in [4.69, 9.17) is 0 Å². The van der Waals surface area contributed by atoms with Gasteiger partial charge in [0, 0.05) is 0 Å². The number of hydrogen-bond acceptors (Lipinski definition) is 4. The van der Waals surface area contributed by atoms with E-state index >= 15 is 0 Å². The van der Waals surface area contributed by atoms with Crippen molar-refractivity contribution in [2.24, 2.45) is 10.2 Å². The molecule has 1 saturated heterocycles. The van der Waals surface area contributed by atoms with Gasteiger partial charge in [0.15, 0.2) is 5.17 Å². The summed E-state index contributed by atoms with van der Waals surface area (Å²) in [5, 5.41) is 11.4. The first-order chi connectivity index (χ1) is 12.8. The number of amidine groups is 1. The number of thioether (sulfide) groups is 1. The summed E-state index contributed by atoms with van der Waals surface area (Å²) >= 11 is 1.43. The molecule has 0 saturated carbocycles. The van der Waals surface area contributed by atoms with Gasteiger partial charge in [-0.05, 0) is 21.9 Å². The average Bonchev–Trinajstić information content (AvgIpc) is 3.03. The lowest BCUT2D eigenvalue weighted by Gasteiger charge is -2.16. The summed E-state index contributed by atoms with van der Waals surface area (Å²) < 4.78 is 0. The standard InChI is InChI=1S/C21H17N3OS/c25-20-15-26-21(23-22-13-16-7-2-1-3-8-16)24(20)14-18-11-6-10-17-9-4-5-12-19(17)18/h1-13H,14-15H2/b22-13-,23-21+. The third kappa shape index (κ3) is 3.53. The zero-order valence-electron chi connectivity index (χ0n) is 14.1. The Bertz CT molecular complexity index is 993. The molecule has 4 nitrogen and oxygen atoms in total. The Kier molecular flexibility index (Phi) is 4.80. The molecule has 0 unspecified atom stereocenters. The van der Waals surface area contributed by atoms with Crippen molar-refractivity contribution in [1.29, 1.82) is 0 Å². The molecule has 0 aromatic heterocycles. The zero-order chi connectivity index (χ0) is 17.8. The molecule has 0 spiro atoms. The molecule has 3 aromatic carbocycles. The van der Waals surface area contributed by atoms with Crippen LogP contribution >= 0.6 is 11.8 Å². The van der Waals surface area contributed by atoms with Crippen LogP contribution in [0.5, 0.6) is 0 Å². The highest BCUT2D eigenvalue weighted by atomic mass is 32.2. The molecular weight excluding hydrogens is 342 g/mol. The van der Waals surface area contributed by atoms with Crippen molar-refractivity contribution >= 4 is 39.8 Å². The van der Waals surface area contributed by atoms with Crippen LogP contribution < -0.4 is 0 Å². The second-order valence-electron chi connectivity index (χ2n) is 5.94. The van der Waals surface area contributed by atoms with Gasteiger partial charge in [-0.1, -0.05) is 84.6 Å². The van der Waals surface area contributed by atoms with Crippen molar-refractivity contribution in [2.45, 2.75) is 6.54 Å². The predicted octanol–water partition coefficient (Wildman–Crippen LogP) is 4.31. The van der Waals surface area contributed by atoms with Crippen LogP contribution in [0.4, 0.5) is 0 Å². The molecule has 0 atom stereocenters. The highest BCUT2D eigenvalue weighted by Gasteiger charge is 2.28. The summed E-state index contributed by atoms with van der Waals surface area (Å²) in [6.45, 7) is 0.507. The van der Waals surface area contributed by atoms with E-state index in [-0.39, 0.29) is 5.91 Å². The lowest BCUT2D eigenvalue weighted by atomic mass is 10.0. The summed E-state index contributed by atoms with van der Waals surface area (Å²) in [6, 6.07) is 24.2. The number of carbonyl (C=O) groups is 1. The minimum atomic E-state index is 0.0663. The summed E-state index contributed by atoms with van der Waals surface area (Å²) in [5.41, 5.74) is 2.09. The van der Waals surface area contributed by atoms with Gasteiger partial charge >= 0.3 is 0 Å². The lowest BCUT2D eigenvalue weighted by Crippen LogP contribution is -2.28. The molecule has 5 heteroatoms. The third-order valence-corrected chi connectivity index (χ3v) is 5.17. The van der Waals surface area contributed by atoms with Gasteiger partial charge in [0.1, 0.15) is 0 Å². The fourth-order valence-electron chi connectivity index (χ4n) is 2.91. The van der Waals surface area contributed by atoms with E-state index in [1.54, 1.807) is 11.1 Å². The SMILES string of the molecule is O=C1CS/C(=N/N=C\c2ccccc2)N1Cc1cccc2ccccc12. The van der Waals surface area contributed by atoms with E-state index in [1.807, 2.05) is 48.5 Å². The van der Waals surface area contributed by atoms with E-state index in [2.05, 4.69) is 34.5 Å². The largest absolute Gasteiger partial charge is 0.285 e. The Morgan fingerprint density at radius 3 is 2.62 bits per heavy atom. The molecule has 26 heavy (non-hydrogen) atoms. The van der Waals surface area contributed by atoms with Gasteiger partial charge in [0.05, 0.1) is 18.5 Å². The minimum Gasteiger partial charge on any atom is -0.285 e. The summed E-state index contributed by atoms with van der Waals surface area (Å²) in [5.74, 6) is 0.473. The van der Waals surface area contributed by atoms with Crippen LogP contribution in [0, 0.1) is 0 Å². The van der Waals surface area contributed by atoms with E-state index in [9.17, 15) is 4.79 Å². The Labute approximate surface area is 156 Å². The van der Waals surface area contributed by atoms with Crippen LogP contribution in [0.15, 0.2) is 83.0 Å². The topological polar surface area (TPSA) is 45.0 Å². The second-order valence-corrected chi connectivity index (χ2v) is 6.89. The molecule has 1 fully saturated rings. The third-order valence-electron chi connectivity index (χ3n) is 4.21. The summed E-state index contributed by atoms with van der Waals surface area (Å²) in [7, 11) is 0. The molecule has 1 aliphatic rings. The van der Waals surface area contributed by atoms with E-state index in [0.717, 1.165) is 16.5 Å². The molecule has 3 aromatic rings. The first-order valence-corrected chi connectivity index (χ1v) is 9.36. The molecule has 0 bridgehead atoms. The van der Waals surface area contributed by atoms with Crippen LogP contribution in [0.25, 0.3) is 10.8 Å². The van der Waals surface area contributed by atoms with Crippen LogP contribution in [-0.2, 0) is 11.3 Å². The average molecular weight is 359 g/mol. The van der Waals surface area contributed by atoms with E-state index < -0.39 is 0 Å². The molecule has 4 rings (SSSR count). The van der Waals surface area contributed by atoms with Crippen LogP contribution in [-0.4, -0.2) is 27.9 Å². The molecule has 0 radical (unpaired) electrons. The Hall–Kier alpha value is -2.92. The number of nitrogens with zero attached hydrogens (tertiary/aromatic N) is 3. The molecule has 0 aliphatic carbocycles. The van der Waals surface area contributed by atoms with Gasteiger partial charge in [-0.3, -0.25) is 9.69 Å². The van der Waals surface area contributed by atoms with Crippen molar-refractivity contribution in [2.75, 3.05) is 5.75 Å². The highest BCUT2D eigenvalue weighted by Crippen LogP contribution is 2.25. The van der Waals surface area contributed by atoms with Crippen molar-refractivity contribution in [3.8, 4) is 0 Å². The predicted molar refractivity (Wildman–Crippen MR) is 108 cm³/mol. The van der Waals surface area contributed by atoms with Crippen molar-refractivity contribution < 1.29 is 4.79 Å². The minimum absolute atomic E-state index is 0.0663. The zero-order valence-corrected chi connectivity index (χ0v) is 14.9. The first-order valence-electron chi connectivity index (χ1n) is 8.37. The molecule has 1 heterocycles. The Morgan fingerprint density at radius 1 is 0.962 bits per heavy atom. The summed E-state index contributed by atoms with van der Waals surface area (Å²) in [4.78, 5) is 14.0. The number of benzene rings is 3. The van der Waals surface area contributed by atoms with Gasteiger partial charge < -0.3 is 0 Å². The van der Waals surface area contributed by atoms with Crippen molar-refractivity contribution in [1.82, 2.24) is 4.90 Å². The van der Waals surface area contributed by atoms with Gasteiger partial charge in [-0.2, -0.15) is 5.10 Å². The maximum atomic E-state index is 12.3. The van der Waals surface area contributed by atoms with Crippen LogP contribution in [0.1, 0.15) is 11.1 Å². The van der Waals surface area contributed by atoms with Gasteiger partial charge in [0.2, 0.25) is 5.91 Å². The van der Waals surface area contributed by atoms with Crippen LogP contribution in [0.3, 0.4) is 0 Å². The maximum absolute atomic E-state index is 12.3. The quantitative estimate of drug-likeness (QED) is 0.515. The van der Waals surface area contributed by atoms with E-state index in [0.29, 0.717) is 17.5 Å². The Morgan fingerprint density at radius 2 is 1.73 bits per heavy atom. The number of carbonyl (C=O) groups excluding carboxylic acids is 1. The maximum Gasteiger partial charge on any atom is 0.239 e. The normalized spacial score (nSPS) is 16.2. The number of fused-ring (bicyclic) bond motifs is 1. The molecule has 1 amide bonds. The fraction of sp³-hybridized carbons (Fsp3) is 0.0952. The molecule has 128 valence electrons. The summed E-state index contributed by atoms with van der Waals surface area (Å²) in [6.07, 6.45) is 1.70. The monoisotopic (exact) mass is 359 g/mol. The highest BCUT2D eigenvalue weighted by molar-refractivity contribution is 8.15. The van der Waals surface area contributed by atoms with Crippen molar-refractivity contribution in [3.05, 3.63) is 83.9 Å². The molecular formula is C21H17N3OS. The van der Waals surface area contributed by atoms with Crippen molar-refractivity contribution in [3.63, 3.8) is 0 Å². The number of amides is 1. The van der Waals surface area contributed by atoms with E-state index in [1.165, 1.54) is 17.1 Å². The smallest absolute Gasteiger partial charge is 0.239 e. The Balaban J connectivity index is 1.58. The lowest BCUT2D eigenvalue weighted by molar-refractivity contribution is -0.124.